The van der Waals surface area contributed by atoms with E-state index in [0.717, 1.165) is 8.95 Å². The first kappa shape index (κ1) is 20.0. The Hall–Kier alpha value is -2.32. The van der Waals surface area contributed by atoms with Gasteiger partial charge in [-0.05, 0) is 50.2 Å². The molecule has 134 valence electrons. The molecule has 0 bridgehead atoms. The molecule has 2 amide bonds. The zero-order chi connectivity index (χ0) is 19.1. The molecule has 26 heavy (non-hydrogen) atoms. The fourth-order valence-corrected chi connectivity index (χ4v) is 2.62. The molecule has 0 aromatic heterocycles. The van der Waals surface area contributed by atoms with E-state index < -0.39 is 0 Å². The van der Waals surface area contributed by atoms with Gasteiger partial charge in [-0.25, -0.2) is 10.9 Å². The Balaban J connectivity index is 1.98. The van der Waals surface area contributed by atoms with Gasteiger partial charge in [-0.1, -0.05) is 44.0 Å². The minimum atomic E-state index is -0.336. The first-order valence-corrected chi connectivity index (χ1v) is 9.16. The predicted molar refractivity (Wildman–Crippen MR) is 109 cm³/mol. The minimum Gasteiger partial charge on any atom is -0.267 e. The van der Waals surface area contributed by atoms with Crippen LogP contribution in [0.5, 0.6) is 0 Å². The zero-order valence-electron chi connectivity index (χ0n) is 14.1. The van der Waals surface area contributed by atoms with Crippen molar-refractivity contribution < 1.29 is 9.59 Å². The van der Waals surface area contributed by atoms with E-state index in [1.165, 1.54) is 0 Å². The summed E-state index contributed by atoms with van der Waals surface area (Å²) in [6.45, 7) is 3.37. The van der Waals surface area contributed by atoms with E-state index in [1.807, 2.05) is 12.1 Å². The summed E-state index contributed by atoms with van der Waals surface area (Å²) in [5.41, 5.74) is 6.83. The highest BCUT2D eigenvalue weighted by Gasteiger charge is 2.07. The molecule has 6 nitrogen and oxygen atoms in total. The summed E-state index contributed by atoms with van der Waals surface area (Å²) in [4.78, 5) is 24.1. The van der Waals surface area contributed by atoms with Crippen molar-refractivity contribution in [3.8, 4) is 0 Å². The average molecular weight is 480 g/mol. The monoisotopic (exact) mass is 478 g/mol. The van der Waals surface area contributed by atoms with E-state index in [9.17, 15) is 9.59 Å². The van der Waals surface area contributed by atoms with Crippen LogP contribution in [0.2, 0.25) is 0 Å². The Labute approximate surface area is 168 Å². The van der Waals surface area contributed by atoms with Crippen molar-refractivity contribution in [1.29, 1.82) is 0 Å². The molecule has 0 atom stereocenters. The molecule has 0 radical (unpaired) electrons. The molecule has 8 heteroatoms. The number of rotatable bonds is 5. The summed E-state index contributed by atoms with van der Waals surface area (Å²) in [5, 5.41) is 8.01. The maximum atomic E-state index is 12.1. The van der Waals surface area contributed by atoms with Crippen LogP contribution in [0, 0.1) is 0 Å². The molecule has 0 aliphatic rings. The van der Waals surface area contributed by atoms with Crippen molar-refractivity contribution in [2.24, 2.45) is 10.2 Å². The second kappa shape index (κ2) is 9.40. The summed E-state index contributed by atoms with van der Waals surface area (Å²) in [7, 11) is 0. The van der Waals surface area contributed by atoms with Crippen LogP contribution in [-0.4, -0.2) is 23.2 Å². The van der Waals surface area contributed by atoms with Crippen LogP contribution in [-0.2, 0) is 0 Å². The summed E-state index contributed by atoms with van der Waals surface area (Å²) in [5.74, 6) is -0.673. The predicted octanol–water partition coefficient (Wildman–Crippen LogP) is 4.12. The van der Waals surface area contributed by atoms with Gasteiger partial charge in [0, 0.05) is 20.1 Å². The summed E-state index contributed by atoms with van der Waals surface area (Å²) in [6.07, 6.45) is 0. The Morgan fingerprint density at radius 2 is 1.15 bits per heavy atom. The molecule has 0 fully saturated rings. The number of carbonyl (C=O) groups is 2. The van der Waals surface area contributed by atoms with E-state index in [4.69, 9.17) is 0 Å². The van der Waals surface area contributed by atoms with Crippen molar-refractivity contribution in [1.82, 2.24) is 10.9 Å². The molecule has 0 aliphatic carbocycles. The number of hydrazone groups is 2. The molecular weight excluding hydrogens is 464 g/mol. The molecule has 0 unspecified atom stereocenters. The van der Waals surface area contributed by atoms with Gasteiger partial charge in [0.25, 0.3) is 11.8 Å². The number of nitrogens with zero attached hydrogens (tertiary/aromatic N) is 2. The van der Waals surface area contributed by atoms with Gasteiger partial charge in [0.15, 0.2) is 0 Å². The van der Waals surface area contributed by atoms with Crippen LogP contribution < -0.4 is 10.9 Å². The maximum Gasteiger partial charge on any atom is 0.271 e. The zero-order valence-corrected chi connectivity index (χ0v) is 17.3. The van der Waals surface area contributed by atoms with Crippen molar-refractivity contribution in [3.05, 3.63) is 68.6 Å². The number of nitrogens with one attached hydrogen (secondary N) is 2. The highest BCUT2D eigenvalue weighted by Crippen LogP contribution is 2.12. The van der Waals surface area contributed by atoms with Crippen LogP contribution in [0.15, 0.2) is 67.7 Å². The fraction of sp³-hybridized carbons (Fsp3) is 0.111. The Bertz CT molecular complexity index is 821. The van der Waals surface area contributed by atoms with E-state index >= 15 is 0 Å². The van der Waals surface area contributed by atoms with Crippen LogP contribution in [0.25, 0.3) is 0 Å². The van der Waals surface area contributed by atoms with Gasteiger partial charge in [-0.3, -0.25) is 9.59 Å². The van der Waals surface area contributed by atoms with Crippen molar-refractivity contribution in [3.63, 3.8) is 0 Å². The van der Waals surface area contributed by atoms with Crippen molar-refractivity contribution in [2.45, 2.75) is 13.8 Å². The quantitative estimate of drug-likeness (QED) is 0.499. The number of amides is 2. The lowest BCUT2D eigenvalue weighted by Gasteiger charge is -2.04. The van der Waals surface area contributed by atoms with E-state index in [2.05, 4.69) is 52.9 Å². The number of carbonyl (C=O) groups excluding carboxylic acids is 2. The van der Waals surface area contributed by atoms with Gasteiger partial charge in [0.1, 0.15) is 0 Å². The summed E-state index contributed by atoms with van der Waals surface area (Å²) in [6, 6.07) is 13.9. The number of benzene rings is 2. The maximum absolute atomic E-state index is 12.1. The van der Waals surface area contributed by atoms with E-state index in [-0.39, 0.29) is 11.8 Å². The molecule has 2 aromatic rings. The van der Waals surface area contributed by atoms with Gasteiger partial charge in [-0.2, -0.15) is 10.2 Å². The molecule has 0 heterocycles. The number of hydrogen-bond acceptors (Lipinski definition) is 4. The van der Waals surface area contributed by atoms with Gasteiger partial charge < -0.3 is 0 Å². The van der Waals surface area contributed by atoms with Crippen LogP contribution >= 0.6 is 31.9 Å². The van der Waals surface area contributed by atoms with Crippen molar-refractivity contribution >= 4 is 55.1 Å². The first-order valence-electron chi connectivity index (χ1n) is 7.57. The molecule has 2 N–H and O–H groups in total. The largest absolute Gasteiger partial charge is 0.271 e. The standard InChI is InChI=1S/C18H16Br2N4O2/c1-11(21-23-17(25)13-5-3-7-15(19)9-13)12(2)22-24-18(26)14-6-4-8-16(20)10-14/h3-10H,1-2H3,(H,23,25)(H,24,26)/b21-11-,22-12-. The summed E-state index contributed by atoms with van der Waals surface area (Å²) >= 11 is 6.63. The second-order valence-electron chi connectivity index (χ2n) is 5.30. The average Bonchev–Trinajstić information content (AvgIpc) is 2.63. The Kier molecular flexibility index (Phi) is 7.23. The van der Waals surface area contributed by atoms with Gasteiger partial charge in [0.2, 0.25) is 0 Å². The number of hydrogen-bond donors (Lipinski definition) is 2. The Morgan fingerprint density at radius 1 is 0.769 bits per heavy atom. The normalized spacial score (nSPS) is 11.8. The van der Waals surface area contributed by atoms with Gasteiger partial charge in [-0.15, -0.1) is 0 Å². The molecule has 0 saturated carbocycles. The van der Waals surface area contributed by atoms with Crippen LogP contribution in [0.4, 0.5) is 0 Å². The van der Waals surface area contributed by atoms with Gasteiger partial charge in [0.05, 0.1) is 11.4 Å². The van der Waals surface area contributed by atoms with E-state index in [1.54, 1.807) is 50.2 Å². The smallest absolute Gasteiger partial charge is 0.267 e. The third-order valence-corrected chi connectivity index (χ3v) is 4.33. The van der Waals surface area contributed by atoms with E-state index in [0.29, 0.717) is 22.6 Å². The number of halogens is 2. The highest BCUT2D eigenvalue weighted by atomic mass is 79.9. The molecular formula is C18H16Br2N4O2. The first-order chi connectivity index (χ1) is 12.4. The topological polar surface area (TPSA) is 82.9 Å². The van der Waals surface area contributed by atoms with Crippen LogP contribution in [0.3, 0.4) is 0 Å². The fourth-order valence-electron chi connectivity index (χ4n) is 1.82. The molecule has 0 aliphatic heterocycles. The molecule has 2 aromatic carbocycles. The van der Waals surface area contributed by atoms with Gasteiger partial charge >= 0.3 is 0 Å². The third kappa shape index (κ3) is 5.89. The lowest BCUT2D eigenvalue weighted by molar-refractivity contribution is 0.0946. The minimum absolute atomic E-state index is 0.336. The highest BCUT2D eigenvalue weighted by molar-refractivity contribution is 9.10. The molecule has 0 spiro atoms. The summed E-state index contributed by atoms with van der Waals surface area (Å²) < 4.78 is 1.61. The molecule has 0 saturated heterocycles. The van der Waals surface area contributed by atoms with Crippen LogP contribution in [0.1, 0.15) is 34.6 Å². The SMILES string of the molecule is CC(=N/NC(=O)c1cccc(Br)c1)/C(C)=N\NC(=O)c1cccc(Br)c1. The third-order valence-electron chi connectivity index (χ3n) is 3.35. The second-order valence-corrected chi connectivity index (χ2v) is 7.13. The van der Waals surface area contributed by atoms with Crippen molar-refractivity contribution in [2.75, 3.05) is 0 Å². The molecule has 2 rings (SSSR count). The lowest BCUT2D eigenvalue weighted by atomic mass is 10.2. The Morgan fingerprint density at radius 3 is 1.50 bits per heavy atom. The lowest BCUT2D eigenvalue weighted by Crippen LogP contribution is -2.24.